The topological polar surface area (TPSA) is 54.4 Å². The van der Waals surface area contributed by atoms with Crippen molar-refractivity contribution in [1.82, 2.24) is 0 Å². The summed E-state index contributed by atoms with van der Waals surface area (Å²) in [7, 11) is -3.47. The maximum absolute atomic E-state index is 12.1. The number of aryl methyl sites for hydroxylation is 1. The second kappa shape index (κ2) is 5.74. The van der Waals surface area contributed by atoms with Crippen LogP contribution in [0.4, 0.5) is 0 Å². The fourth-order valence-corrected chi connectivity index (χ4v) is 3.07. The highest BCUT2D eigenvalue weighted by Crippen LogP contribution is 2.23. The molecule has 3 nitrogen and oxygen atoms in total. The Labute approximate surface area is 114 Å². The Hall–Kier alpha value is -1.35. The normalized spacial score (nSPS) is 19.9. The van der Waals surface area contributed by atoms with Gasteiger partial charge in [0.05, 0.1) is 16.4 Å². The molecular formula is C15H18O3S. The molecule has 1 unspecified atom stereocenters. The molecule has 1 saturated carbocycles. The number of aliphatic hydroxyl groups excluding tert-OH is 1. The zero-order valence-corrected chi connectivity index (χ0v) is 11.8. The maximum Gasteiger partial charge on any atom is 0.207 e. The first kappa shape index (κ1) is 14.1. The number of hydrogen-bond donors (Lipinski definition) is 1. The van der Waals surface area contributed by atoms with Crippen molar-refractivity contribution in [2.75, 3.05) is 0 Å². The minimum atomic E-state index is -3.47. The minimum Gasteiger partial charge on any atom is -0.388 e. The van der Waals surface area contributed by atoms with Crippen LogP contribution in [0.1, 0.15) is 31.2 Å². The molecule has 1 aliphatic carbocycles. The molecule has 0 spiro atoms. The van der Waals surface area contributed by atoms with E-state index in [2.05, 4.69) is 5.73 Å². The first-order valence-corrected chi connectivity index (χ1v) is 7.99. The zero-order valence-electron chi connectivity index (χ0n) is 11.0. The van der Waals surface area contributed by atoms with E-state index in [1.807, 2.05) is 6.92 Å². The van der Waals surface area contributed by atoms with Crippen molar-refractivity contribution in [2.45, 2.75) is 43.6 Å². The first-order valence-electron chi connectivity index (χ1n) is 6.44. The average Bonchev–Trinajstić information content (AvgIpc) is 2.38. The molecule has 2 rings (SSSR count). The second-order valence-electron chi connectivity index (χ2n) is 4.91. The Kier molecular flexibility index (Phi) is 4.25. The molecule has 1 aromatic carbocycles. The number of hydrogen-bond acceptors (Lipinski definition) is 3. The van der Waals surface area contributed by atoms with Crippen LogP contribution in [0.15, 0.2) is 45.9 Å². The fourth-order valence-electron chi connectivity index (χ4n) is 2.11. The molecule has 1 atom stereocenters. The van der Waals surface area contributed by atoms with Crippen LogP contribution in [0.2, 0.25) is 0 Å². The quantitative estimate of drug-likeness (QED) is 0.846. The lowest BCUT2D eigenvalue weighted by molar-refractivity contribution is 0.179. The van der Waals surface area contributed by atoms with Crippen LogP contribution in [0.3, 0.4) is 0 Å². The van der Waals surface area contributed by atoms with E-state index in [9.17, 15) is 13.5 Å². The van der Waals surface area contributed by atoms with Gasteiger partial charge in [0.2, 0.25) is 9.84 Å². The van der Waals surface area contributed by atoms with Crippen molar-refractivity contribution in [1.29, 1.82) is 0 Å². The number of rotatable bonds is 2. The van der Waals surface area contributed by atoms with Crippen molar-refractivity contribution < 1.29 is 13.5 Å². The van der Waals surface area contributed by atoms with Crippen LogP contribution in [-0.4, -0.2) is 19.6 Å². The summed E-state index contributed by atoms with van der Waals surface area (Å²) in [5.74, 6) is 0. The lowest BCUT2D eigenvalue weighted by Gasteiger charge is -2.18. The molecule has 0 aliphatic heterocycles. The van der Waals surface area contributed by atoms with Crippen LogP contribution in [-0.2, 0) is 9.84 Å². The van der Waals surface area contributed by atoms with Gasteiger partial charge in [0.15, 0.2) is 0 Å². The standard InChI is InChI=1S/C15H18O3S/c1-12-6-8-14(9-7-12)19(17,18)11-10-13-4-2-3-5-15(13)16/h6-9,11,15-16H,2-5H2,1H3. The van der Waals surface area contributed by atoms with Crippen molar-refractivity contribution >= 4 is 9.84 Å². The van der Waals surface area contributed by atoms with Gasteiger partial charge in [0, 0.05) is 5.57 Å². The summed E-state index contributed by atoms with van der Waals surface area (Å²) in [6.07, 6.45) is 2.84. The van der Waals surface area contributed by atoms with Gasteiger partial charge in [-0.3, -0.25) is 0 Å². The largest absolute Gasteiger partial charge is 0.388 e. The molecule has 0 aromatic heterocycles. The number of benzene rings is 1. The monoisotopic (exact) mass is 278 g/mol. The number of aliphatic hydroxyl groups is 1. The van der Waals surface area contributed by atoms with Crippen molar-refractivity contribution in [3.63, 3.8) is 0 Å². The molecular weight excluding hydrogens is 260 g/mol. The predicted octanol–water partition coefficient (Wildman–Crippen LogP) is 2.74. The summed E-state index contributed by atoms with van der Waals surface area (Å²) >= 11 is 0. The van der Waals surface area contributed by atoms with Gasteiger partial charge in [-0.15, -0.1) is 5.73 Å². The lowest BCUT2D eigenvalue weighted by atomic mass is 9.93. The Morgan fingerprint density at radius 3 is 2.58 bits per heavy atom. The van der Waals surface area contributed by atoms with Crippen LogP contribution in [0, 0.1) is 6.92 Å². The Bertz CT molecular complexity index is 605. The van der Waals surface area contributed by atoms with Gasteiger partial charge in [-0.1, -0.05) is 24.1 Å². The Balaban J connectivity index is 2.30. The van der Waals surface area contributed by atoms with Crippen molar-refractivity contribution in [3.8, 4) is 0 Å². The Morgan fingerprint density at radius 1 is 1.26 bits per heavy atom. The fraction of sp³-hybridized carbons (Fsp3) is 0.400. The zero-order chi connectivity index (χ0) is 13.9. The van der Waals surface area contributed by atoms with E-state index in [-0.39, 0.29) is 4.90 Å². The predicted molar refractivity (Wildman–Crippen MR) is 74.4 cm³/mol. The lowest BCUT2D eigenvalue weighted by Crippen LogP contribution is -2.14. The first-order chi connectivity index (χ1) is 8.99. The van der Waals surface area contributed by atoms with E-state index in [0.29, 0.717) is 12.0 Å². The highest BCUT2D eigenvalue weighted by atomic mass is 32.2. The molecule has 1 aliphatic rings. The van der Waals surface area contributed by atoms with Gasteiger partial charge in [0.25, 0.3) is 0 Å². The third-order valence-electron chi connectivity index (χ3n) is 3.32. The maximum atomic E-state index is 12.1. The summed E-state index contributed by atoms with van der Waals surface area (Å²) in [6, 6.07) is 6.71. The SMILES string of the molecule is Cc1ccc(S(=O)(=O)C=C=C2CCCCC2O)cc1. The molecule has 102 valence electrons. The third kappa shape index (κ3) is 3.57. The average molecular weight is 278 g/mol. The van der Waals surface area contributed by atoms with Gasteiger partial charge in [-0.2, -0.15) is 0 Å². The van der Waals surface area contributed by atoms with Crippen LogP contribution < -0.4 is 0 Å². The van der Waals surface area contributed by atoms with Gasteiger partial charge in [-0.25, -0.2) is 8.42 Å². The molecule has 0 amide bonds. The summed E-state index contributed by atoms with van der Waals surface area (Å²) in [6.45, 7) is 1.91. The molecule has 1 fully saturated rings. The molecule has 1 N–H and O–H groups in total. The molecule has 1 aromatic rings. The van der Waals surface area contributed by atoms with Gasteiger partial charge < -0.3 is 5.11 Å². The van der Waals surface area contributed by atoms with E-state index >= 15 is 0 Å². The molecule has 0 bridgehead atoms. The Morgan fingerprint density at radius 2 is 1.95 bits per heavy atom. The molecule has 19 heavy (non-hydrogen) atoms. The smallest absolute Gasteiger partial charge is 0.207 e. The third-order valence-corrected chi connectivity index (χ3v) is 4.68. The summed E-state index contributed by atoms with van der Waals surface area (Å²) in [5, 5.41) is 10.8. The van der Waals surface area contributed by atoms with Crippen LogP contribution >= 0.6 is 0 Å². The van der Waals surface area contributed by atoms with E-state index in [1.165, 1.54) is 0 Å². The van der Waals surface area contributed by atoms with E-state index in [4.69, 9.17) is 0 Å². The van der Waals surface area contributed by atoms with Gasteiger partial charge >= 0.3 is 0 Å². The summed E-state index contributed by atoms with van der Waals surface area (Å²) in [5.41, 5.74) is 4.49. The molecule has 0 saturated heterocycles. The van der Waals surface area contributed by atoms with Crippen molar-refractivity contribution in [2.24, 2.45) is 0 Å². The van der Waals surface area contributed by atoms with E-state index < -0.39 is 15.9 Å². The van der Waals surface area contributed by atoms with Crippen LogP contribution in [0.5, 0.6) is 0 Å². The molecule has 0 radical (unpaired) electrons. The molecule has 0 heterocycles. The number of sulfone groups is 1. The molecule has 4 heteroatoms. The highest BCUT2D eigenvalue weighted by molar-refractivity contribution is 7.94. The van der Waals surface area contributed by atoms with Gasteiger partial charge in [-0.05, 0) is 38.3 Å². The van der Waals surface area contributed by atoms with E-state index in [0.717, 1.165) is 30.2 Å². The summed E-state index contributed by atoms with van der Waals surface area (Å²) in [4.78, 5) is 0.261. The summed E-state index contributed by atoms with van der Waals surface area (Å²) < 4.78 is 24.2. The second-order valence-corrected chi connectivity index (χ2v) is 6.70. The van der Waals surface area contributed by atoms with Crippen molar-refractivity contribution in [3.05, 3.63) is 46.5 Å². The van der Waals surface area contributed by atoms with Crippen LogP contribution in [0.25, 0.3) is 0 Å². The minimum absolute atomic E-state index is 0.261. The van der Waals surface area contributed by atoms with E-state index in [1.54, 1.807) is 24.3 Å². The van der Waals surface area contributed by atoms with Gasteiger partial charge in [0.1, 0.15) is 0 Å². The highest BCUT2D eigenvalue weighted by Gasteiger charge is 2.16.